The lowest BCUT2D eigenvalue weighted by Gasteiger charge is -2.21. The molecule has 3 aliphatic heterocycles. The average Bonchev–Trinajstić information content (AvgIpc) is 3.14. The third kappa shape index (κ3) is 1.82. The number of hydrogen-bond donors (Lipinski definition) is 1. The second kappa shape index (κ2) is 4.68. The zero-order valence-electron chi connectivity index (χ0n) is 12.0. The predicted octanol–water partition coefficient (Wildman–Crippen LogP) is 1.10. The monoisotopic (exact) mass is 299 g/mol. The van der Waals surface area contributed by atoms with Crippen molar-refractivity contribution in [2.24, 2.45) is 11.8 Å². The number of ether oxygens (including phenoxy) is 1. The maximum atomic E-state index is 12.7. The molecule has 4 atom stereocenters. The zero-order chi connectivity index (χ0) is 15.3. The van der Waals surface area contributed by atoms with Crippen molar-refractivity contribution in [3.8, 4) is 0 Å². The van der Waals surface area contributed by atoms with E-state index in [1.165, 1.54) is 5.56 Å². The first-order chi connectivity index (χ1) is 10.6. The molecule has 0 aromatic heterocycles. The normalized spacial score (nSPS) is 35.2. The lowest BCUT2D eigenvalue weighted by molar-refractivity contribution is -0.148. The van der Waals surface area contributed by atoms with Crippen molar-refractivity contribution in [2.45, 2.75) is 18.1 Å². The Morgan fingerprint density at radius 3 is 2.86 bits per heavy atom. The summed E-state index contributed by atoms with van der Waals surface area (Å²) in [6, 6.07) is 9.97. The molecule has 1 aromatic carbocycles. The second-order valence-electron chi connectivity index (χ2n) is 6.23. The Kier molecular flexibility index (Phi) is 2.87. The number of carbonyl (C=O) groups excluding carboxylic acids is 1. The maximum absolute atomic E-state index is 12.7. The summed E-state index contributed by atoms with van der Waals surface area (Å²) < 4.78 is 5.86. The lowest BCUT2D eigenvalue weighted by atomic mass is 9.77. The molecule has 2 saturated heterocycles. The Bertz CT molecular complexity index is 656. The van der Waals surface area contributed by atoms with Gasteiger partial charge in [-0.2, -0.15) is 0 Å². The van der Waals surface area contributed by atoms with Gasteiger partial charge in [0.1, 0.15) is 11.5 Å². The molecular weight excluding hydrogens is 282 g/mol. The molecule has 0 saturated carbocycles. The highest BCUT2D eigenvalue weighted by Gasteiger charge is 2.66. The van der Waals surface area contributed by atoms with Crippen LogP contribution in [0.2, 0.25) is 0 Å². The highest BCUT2D eigenvalue weighted by atomic mass is 16.5. The van der Waals surface area contributed by atoms with E-state index in [1.807, 2.05) is 36.4 Å². The van der Waals surface area contributed by atoms with Gasteiger partial charge < -0.3 is 14.7 Å². The van der Waals surface area contributed by atoms with Crippen molar-refractivity contribution in [3.05, 3.63) is 48.0 Å². The predicted molar refractivity (Wildman–Crippen MR) is 78.1 cm³/mol. The minimum atomic E-state index is -0.945. The number of hydrogen-bond acceptors (Lipinski definition) is 3. The van der Waals surface area contributed by atoms with Crippen molar-refractivity contribution >= 4 is 11.9 Å². The maximum Gasteiger partial charge on any atom is 0.310 e. The molecule has 2 bridgehead atoms. The molecule has 1 amide bonds. The van der Waals surface area contributed by atoms with E-state index in [9.17, 15) is 14.7 Å². The number of likely N-dealkylation sites (tertiary alicyclic amines) is 1. The molecule has 4 rings (SSSR count). The molecule has 22 heavy (non-hydrogen) atoms. The van der Waals surface area contributed by atoms with Crippen LogP contribution in [0.15, 0.2) is 42.5 Å². The molecule has 0 unspecified atom stereocenters. The van der Waals surface area contributed by atoms with Gasteiger partial charge in [0.25, 0.3) is 0 Å². The molecule has 1 aromatic rings. The van der Waals surface area contributed by atoms with Crippen LogP contribution in [0.25, 0.3) is 0 Å². The first-order valence-corrected chi connectivity index (χ1v) is 7.53. The van der Waals surface area contributed by atoms with E-state index >= 15 is 0 Å². The molecule has 2 fully saturated rings. The Labute approximate surface area is 128 Å². The Balaban J connectivity index is 1.53. The van der Waals surface area contributed by atoms with Crippen molar-refractivity contribution < 1.29 is 19.4 Å². The van der Waals surface area contributed by atoms with Gasteiger partial charge in [0, 0.05) is 6.54 Å². The molecule has 3 aliphatic rings. The van der Waals surface area contributed by atoms with E-state index in [1.54, 1.807) is 11.0 Å². The lowest BCUT2D eigenvalue weighted by Crippen LogP contribution is -2.39. The van der Waals surface area contributed by atoms with Gasteiger partial charge in [-0.05, 0) is 12.0 Å². The van der Waals surface area contributed by atoms with E-state index in [4.69, 9.17) is 4.74 Å². The van der Waals surface area contributed by atoms with Crippen molar-refractivity contribution in [2.75, 3.05) is 13.1 Å². The van der Waals surface area contributed by atoms with Gasteiger partial charge in [-0.15, -0.1) is 0 Å². The van der Waals surface area contributed by atoms with Gasteiger partial charge in [-0.25, -0.2) is 0 Å². The van der Waals surface area contributed by atoms with Crippen LogP contribution in [0, 0.1) is 11.8 Å². The molecule has 5 heteroatoms. The SMILES string of the molecule is O=C(O)[C@H]1[C@@H]2C=C[C@@]3(CN(CCc4ccccc4)C(=O)[C@@H]13)O2. The summed E-state index contributed by atoms with van der Waals surface area (Å²) in [4.78, 5) is 25.9. The fourth-order valence-corrected chi connectivity index (χ4v) is 3.96. The number of carboxylic acids is 1. The smallest absolute Gasteiger partial charge is 0.310 e. The molecule has 3 heterocycles. The molecule has 0 radical (unpaired) electrons. The molecule has 114 valence electrons. The number of aliphatic carboxylic acids is 1. The fourth-order valence-electron chi connectivity index (χ4n) is 3.96. The zero-order valence-corrected chi connectivity index (χ0v) is 12.0. The number of carboxylic acid groups (broad SMARTS) is 1. The topological polar surface area (TPSA) is 66.8 Å². The number of rotatable bonds is 4. The van der Waals surface area contributed by atoms with Crippen LogP contribution in [-0.4, -0.2) is 46.7 Å². The quantitative estimate of drug-likeness (QED) is 0.845. The van der Waals surface area contributed by atoms with Crippen LogP contribution in [0.5, 0.6) is 0 Å². The third-order valence-corrected chi connectivity index (χ3v) is 4.98. The van der Waals surface area contributed by atoms with Crippen LogP contribution in [0.4, 0.5) is 0 Å². The van der Waals surface area contributed by atoms with E-state index in [0.717, 1.165) is 6.42 Å². The molecule has 1 N–H and O–H groups in total. The van der Waals surface area contributed by atoms with Crippen LogP contribution in [-0.2, 0) is 20.7 Å². The Hall–Kier alpha value is -2.14. The number of amides is 1. The number of fused-ring (bicyclic) bond motifs is 1. The van der Waals surface area contributed by atoms with Gasteiger partial charge in [-0.1, -0.05) is 42.5 Å². The first kappa shape index (κ1) is 13.5. The standard InChI is InChI=1S/C17H17NO4/c19-15-14-13(16(20)21)12-6-8-17(14,22-12)10-18(15)9-7-11-4-2-1-3-5-11/h1-6,8,12-14H,7,9-10H2,(H,20,21)/t12-,13-,14+,17-/m0/s1. The minimum Gasteiger partial charge on any atom is -0.481 e. The minimum absolute atomic E-state index is 0.0878. The van der Waals surface area contributed by atoms with Crippen molar-refractivity contribution in [1.29, 1.82) is 0 Å². The highest BCUT2D eigenvalue weighted by Crippen LogP contribution is 2.51. The third-order valence-electron chi connectivity index (χ3n) is 4.98. The first-order valence-electron chi connectivity index (χ1n) is 7.53. The molecule has 5 nitrogen and oxygen atoms in total. The van der Waals surface area contributed by atoms with Crippen LogP contribution < -0.4 is 0 Å². The largest absolute Gasteiger partial charge is 0.481 e. The van der Waals surface area contributed by atoms with Crippen LogP contribution in [0.3, 0.4) is 0 Å². The van der Waals surface area contributed by atoms with Crippen molar-refractivity contribution in [3.63, 3.8) is 0 Å². The number of nitrogens with zero attached hydrogens (tertiary/aromatic N) is 1. The van der Waals surface area contributed by atoms with Crippen LogP contribution >= 0.6 is 0 Å². The summed E-state index contributed by atoms with van der Waals surface area (Å²) in [5.74, 6) is -2.36. The van der Waals surface area contributed by atoms with Gasteiger partial charge in [0.15, 0.2) is 0 Å². The second-order valence-corrected chi connectivity index (χ2v) is 6.23. The molecular formula is C17H17NO4. The van der Waals surface area contributed by atoms with Gasteiger partial charge in [0.2, 0.25) is 5.91 Å². The fraction of sp³-hybridized carbons (Fsp3) is 0.412. The molecule has 1 spiro atoms. The van der Waals surface area contributed by atoms with Crippen LogP contribution in [0.1, 0.15) is 5.56 Å². The molecule has 0 aliphatic carbocycles. The summed E-state index contributed by atoms with van der Waals surface area (Å²) in [5, 5.41) is 9.41. The van der Waals surface area contributed by atoms with Gasteiger partial charge in [-0.3, -0.25) is 9.59 Å². The van der Waals surface area contributed by atoms with Gasteiger partial charge >= 0.3 is 5.97 Å². The van der Waals surface area contributed by atoms with E-state index in [-0.39, 0.29) is 5.91 Å². The summed E-state index contributed by atoms with van der Waals surface area (Å²) >= 11 is 0. The number of carbonyl (C=O) groups is 2. The summed E-state index contributed by atoms with van der Waals surface area (Å²) in [7, 11) is 0. The highest BCUT2D eigenvalue weighted by molar-refractivity contribution is 5.90. The Morgan fingerprint density at radius 2 is 2.14 bits per heavy atom. The van der Waals surface area contributed by atoms with E-state index in [2.05, 4.69) is 0 Å². The summed E-state index contributed by atoms with van der Waals surface area (Å²) in [6.07, 6.45) is 3.99. The Morgan fingerprint density at radius 1 is 1.36 bits per heavy atom. The van der Waals surface area contributed by atoms with E-state index in [0.29, 0.717) is 13.1 Å². The summed E-state index contributed by atoms with van der Waals surface area (Å²) in [6.45, 7) is 1.05. The number of benzene rings is 1. The van der Waals surface area contributed by atoms with Crippen molar-refractivity contribution in [1.82, 2.24) is 4.90 Å². The average molecular weight is 299 g/mol. The van der Waals surface area contributed by atoms with Gasteiger partial charge in [0.05, 0.1) is 18.6 Å². The summed E-state index contributed by atoms with van der Waals surface area (Å²) in [5.41, 5.74) is 0.446. The van der Waals surface area contributed by atoms with E-state index < -0.39 is 29.5 Å².